The quantitative estimate of drug-likeness (QED) is 0.862. The van der Waals surface area contributed by atoms with Crippen LogP contribution in [0.4, 0.5) is 5.13 Å². The van der Waals surface area contributed by atoms with Crippen LogP contribution in [0.25, 0.3) is 0 Å². The predicted molar refractivity (Wildman–Crippen MR) is 90.5 cm³/mol. The van der Waals surface area contributed by atoms with Crippen molar-refractivity contribution in [1.29, 1.82) is 0 Å². The third-order valence-corrected chi connectivity index (χ3v) is 4.95. The molecular weight excluding hydrogens is 310 g/mol. The van der Waals surface area contributed by atoms with Crippen molar-refractivity contribution in [2.75, 3.05) is 18.4 Å². The average molecular weight is 329 g/mol. The van der Waals surface area contributed by atoms with Crippen molar-refractivity contribution in [2.24, 2.45) is 0 Å². The number of rotatable bonds is 2. The molecule has 0 bridgehead atoms. The van der Waals surface area contributed by atoms with Gasteiger partial charge in [0.25, 0.3) is 0 Å². The number of benzene rings is 1. The fourth-order valence-corrected chi connectivity index (χ4v) is 3.54. The first-order valence-electron chi connectivity index (χ1n) is 7.70. The van der Waals surface area contributed by atoms with Crippen molar-refractivity contribution in [1.82, 2.24) is 9.88 Å². The second-order valence-electron chi connectivity index (χ2n) is 5.71. The third kappa shape index (κ3) is 3.59. The number of piperidine rings is 1. The van der Waals surface area contributed by atoms with Crippen LogP contribution in [0, 0.1) is 6.92 Å². The molecule has 1 aliphatic rings. The van der Waals surface area contributed by atoms with E-state index in [1.807, 2.05) is 6.07 Å². The fourth-order valence-electron chi connectivity index (χ4n) is 3.02. The summed E-state index contributed by atoms with van der Waals surface area (Å²) in [4.78, 5) is 29.8. The van der Waals surface area contributed by atoms with E-state index in [0.29, 0.717) is 24.1 Å². The molecule has 2 amide bonds. The minimum absolute atomic E-state index is 0.457. The Hall–Kier alpha value is -2.21. The highest BCUT2D eigenvalue weighted by Gasteiger charge is 2.28. The molecule has 1 aliphatic heterocycles. The number of nitrogens with one attached hydrogen (secondary N) is 1. The first kappa shape index (κ1) is 15.7. The van der Waals surface area contributed by atoms with E-state index in [9.17, 15) is 9.59 Å². The lowest BCUT2D eigenvalue weighted by Gasteiger charge is -2.32. The van der Waals surface area contributed by atoms with Gasteiger partial charge in [-0.1, -0.05) is 24.3 Å². The van der Waals surface area contributed by atoms with E-state index in [1.165, 1.54) is 22.5 Å². The summed E-state index contributed by atoms with van der Waals surface area (Å²) >= 11 is 1.30. The minimum Gasteiger partial charge on any atom is -0.334 e. The van der Waals surface area contributed by atoms with Crippen LogP contribution in [-0.4, -0.2) is 34.8 Å². The zero-order valence-corrected chi connectivity index (χ0v) is 13.8. The van der Waals surface area contributed by atoms with Gasteiger partial charge in [0.1, 0.15) is 0 Å². The molecule has 1 aromatic carbocycles. The van der Waals surface area contributed by atoms with Crippen LogP contribution >= 0.6 is 11.3 Å². The predicted octanol–water partition coefficient (Wildman–Crippen LogP) is 2.80. The molecule has 2 aromatic rings. The van der Waals surface area contributed by atoms with Crippen molar-refractivity contribution < 1.29 is 9.59 Å². The molecular formula is C17H19N3O2S. The van der Waals surface area contributed by atoms with Gasteiger partial charge in [-0.2, -0.15) is 0 Å². The molecule has 1 aromatic heterocycles. The highest BCUT2D eigenvalue weighted by atomic mass is 32.1. The Labute approximate surface area is 139 Å². The highest BCUT2D eigenvalue weighted by molar-refractivity contribution is 7.13. The van der Waals surface area contributed by atoms with Crippen LogP contribution < -0.4 is 5.32 Å². The fraction of sp³-hybridized carbons (Fsp3) is 0.353. The summed E-state index contributed by atoms with van der Waals surface area (Å²) in [7, 11) is 0. The maximum atomic E-state index is 12.2. The van der Waals surface area contributed by atoms with Gasteiger partial charge in [0, 0.05) is 24.7 Å². The van der Waals surface area contributed by atoms with Crippen LogP contribution in [0.2, 0.25) is 0 Å². The lowest BCUT2D eigenvalue weighted by molar-refractivity contribution is -0.143. The topological polar surface area (TPSA) is 62.3 Å². The van der Waals surface area contributed by atoms with E-state index in [4.69, 9.17) is 0 Å². The molecule has 0 spiro atoms. The number of nitrogens with zero attached hydrogens (tertiary/aromatic N) is 2. The Kier molecular flexibility index (Phi) is 4.71. The first-order valence-corrected chi connectivity index (χ1v) is 8.58. The molecule has 1 saturated heterocycles. The maximum absolute atomic E-state index is 12.2. The number of hydrogen-bond acceptors (Lipinski definition) is 4. The number of carbonyl (C=O) groups excluding carboxylic acids is 2. The lowest BCUT2D eigenvalue weighted by Crippen LogP contribution is -2.43. The van der Waals surface area contributed by atoms with Gasteiger partial charge in [-0.05, 0) is 36.8 Å². The Morgan fingerprint density at radius 2 is 2.00 bits per heavy atom. The molecule has 3 rings (SSSR count). The molecule has 1 fully saturated rings. The Morgan fingerprint density at radius 3 is 2.65 bits per heavy atom. The molecule has 1 N–H and O–H groups in total. The number of amides is 2. The van der Waals surface area contributed by atoms with Crippen molar-refractivity contribution in [2.45, 2.75) is 25.7 Å². The molecule has 5 nitrogen and oxygen atoms in total. The van der Waals surface area contributed by atoms with Crippen molar-refractivity contribution in [3.8, 4) is 0 Å². The van der Waals surface area contributed by atoms with E-state index in [1.54, 1.807) is 16.5 Å². The molecule has 2 heterocycles. The van der Waals surface area contributed by atoms with Gasteiger partial charge in [0.05, 0.1) is 0 Å². The number of hydrogen-bond donors (Lipinski definition) is 1. The summed E-state index contributed by atoms with van der Waals surface area (Å²) < 4.78 is 0. The van der Waals surface area contributed by atoms with Crippen molar-refractivity contribution in [3.05, 3.63) is 47.0 Å². The SMILES string of the molecule is Cc1ccccc1C1CCN(C(=O)C(=O)Nc2nccs2)CC1. The standard InChI is InChI=1S/C17H19N3O2S/c1-12-4-2-3-5-14(12)13-6-9-20(10-7-13)16(22)15(21)19-17-18-8-11-23-17/h2-5,8,11,13H,6-7,9-10H2,1H3,(H,18,19,21). The second-order valence-corrected chi connectivity index (χ2v) is 6.61. The van der Waals surface area contributed by atoms with Gasteiger partial charge in [0.2, 0.25) is 0 Å². The average Bonchev–Trinajstić information content (AvgIpc) is 3.08. The molecule has 23 heavy (non-hydrogen) atoms. The van der Waals surface area contributed by atoms with Crippen molar-refractivity contribution >= 4 is 28.3 Å². The van der Waals surface area contributed by atoms with E-state index in [2.05, 4.69) is 35.4 Å². The maximum Gasteiger partial charge on any atom is 0.315 e. The second kappa shape index (κ2) is 6.91. The van der Waals surface area contributed by atoms with Crippen LogP contribution in [-0.2, 0) is 9.59 Å². The van der Waals surface area contributed by atoms with Crippen LogP contribution in [0.5, 0.6) is 0 Å². The van der Waals surface area contributed by atoms with E-state index < -0.39 is 11.8 Å². The normalized spacial score (nSPS) is 15.4. The Morgan fingerprint density at radius 1 is 1.26 bits per heavy atom. The van der Waals surface area contributed by atoms with E-state index >= 15 is 0 Å². The molecule has 0 atom stereocenters. The van der Waals surface area contributed by atoms with Gasteiger partial charge in [-0.25, -0.2) is 4.98 Å². The summed E-state index contributed by atoms with van der Waals surface area (Å²) in [6, 6.07) is 8.38. The largest absolute Gasteiger partial charge is 0.334 e. The molecule has 6 heteroatoms. The van der Waals surface area contributed by atoms with Crippen LogP contribution in [0.15, 0.2) is 35.8 Å². The van der Waals surface area contributed by atoms with Gasteiger partial charge < -0.3 is 4.90 Å². The van der Waals surface area contributed by atoms with Gasteiger partial charge in [-0.15, -0.1) is 11.3 Å². The first-order chi connectivity index (χ1) is 11.1. The Bertz CT molecular complexity index is 692. The number of likely N-dealkylation sites (tertiary alicyclic amines) is 1. The highest BCUT2D eigenvalue weighted by Crippen LogP contribution is 2.30. The molecule has 120 valence electrons. The minimum atomic E-state index is -0.603. The summed E-state index contributed by atoms with van der Waals surface area (Å²) in [5.74, 6) is -0.611. The van der Waals surface area contributed by atoms with E-state index in [-0.39, 0.29) is 0 Å². The van der Waals surface area contributed by atoms with Gasteiger partial charge in [0.15, 0.2) is 5.13 Å². The third-order valence-electron chi connectivity index (χ3n) is 4.26. The number of carbonyl (C=O) groups is 2. The number of thiazole rings is 1. The summed E-state index contributed by atoms with van der Waals surface area (Å²) in [5.41, 5.74) is 2.64. The summed E-state index contributed by atoms with van der Waals surface area (Å²) in [5, 5.41) is 4.76. The zero-order chi connectivity index (χ0) is 16.2. The number of aryl methyl sites for hydroxylation is 1. The van der Waals surface area contributed by atoms with Crippen molar-refractivity contribution in [3.63, 3.8) is 0 Å². The molecule has 0 saturated carbocycles. The monoisotopic (exact) mass is 329 g/mol. The van der Waals surface area contributed by atoms with Gasteiger partial charge >= 0.3 is 11.8 Å². The smallest absolute Gasteiger partial charge is 0.315 e. The number of aromatic nitrogens is 1. The molecule has 0 radical (unpaired) electrons. The Balaban J connectivity index is 1.57. The van der Waals surface area contributed by atoms with E-state index in [0.717, 1.165) is 12.8 Å². The van der Waals surface area contributed by atoms with Gasteiger partial charge in [-0.3, -0.25) is 14.9 Å². The van der Waals surface area contributed by atoms with Crippen LogP contribution in [0.1, 0.15) is 29.9 Å². The summed E-state index contributed by atoms with van der Waals surface area (Å²) in [6.07, 6.45) is 3.38. The zero-order valence-electron chi connectivity index (χ0n) is 13.0. The number of anilines is 1. The summed E-state index contributed by atoms with van der Waals surface area (Å²) in [6.45, 7) is 3.35. The molecule has 0 unspecified atom stereocenters. The molecule has 0 aliphatic carbocycles. The lowest BCUT2D eigenvalue weighted by atomic mass is 9.87. The van der Waals surface area contributed by atoms with Crippen LogP contribution in [0.3, 0.4) is 0 Å².